The largest absolute Gasteiger partial charge is 0.292 e. The Labute approximate surface area is 133 Å². The van der Waals surface area contributed by atoms with E-state index in [2.05, 4.69) is 33.1 Å². The average Bonchev–Trinajstić information content (AvgIpc) is 2.90. The van der Waals surface area contributed by atoms with Crippen molar-refractivity contribution in [3.8, 4) is 0 Å². The van der Waals surface area contributed by atoms with Gasteiger partial charge in [-0.2, -0.15) is 10.2 Å². The van der Waals surface area contributed by atoms with Gasteiger partial charge in [-0.25, -0.2) is 0 Å². The maximum atomic E-state index is 12.5. The smallest absolute Gasteiger partial charge is 0.182 e. The van der Waals surface area contributed by atoms with Crippen LogP contribution in [0.15, 0.2) is 10.7 Å². The number of Topliss-reactive ketones (excluding diaryl/α,β-unsaturated/α-hetero) is 1. The van der Waals surface area contributed by atoms with Crippen LogP contribution in [0.3, 0.4) is 0 Å². The Balaban J connectivity index is 2.14. The minimum Gasteiger partial charge on any atom is -0.292 e. The molecule has 0 aliphatic heterocycles. The summed E-state index contributed by atoms with van der Waals surface area (Å²) in [5.74, 6) is 0.121. The Kier molecular flexibility index (Phi) is 4.98. The average molecular weight is 353 g/mol. The number of hydrogen-bond acceptors (Lipinski definition) is 3. The Hall–Kier alpha value is -1.43. The summed E-state index contributed by atoms with van der Waals surface area (Å²) in [5, 5.41) is 8.65. The van der Waals surface area contributed by atoms with E-state index in [-0.39, 0.29) is 5.78 Å². The van der Waals surface area contributed by atoms with Crippen molar-refractivity contribution >= 4 is 21.7 Å². The van der Waals surface area contributed by atoms with E-state index in [9.17, 15) is 4.79 Å². The molecule has 0 radical (unpaired) electrons. The molecule has 0 saturated heterocycles. The minimum atomic E-state index is 0.121. The normalized spacial score (nSPS) is 11.1. The first kappa shape index (κ1) is 15.9. The highest BCUT2D eigenvalue weighted by atomic mass is 79.9. The van der Waals surface area contributed by atoms with Crippen molar-refractivity contribution < 1.29 is 4.79 Å². The summed E-state index contributed by atoms with van der Waals surface area (Å²) in [7, 11) is 1.93. The van der Waals surface area contributed by atoms with E-state index < -0.39 is 0 Å². The molecule has 0 saturated carbocycles. The van der Waals surface area contributed by atoms with Crippen molar-refractivity contribution in [3.05, 3.63) is 33.3 Å². The Morgan fingerprint density at radius 1 is 1.38 bits per heavy atom. The molecule has 0 fully saturated rings. The molecule has 2 heterocycles. The van der Waals surface area contributed by atoms with Crippen molar-refractivity contribution in [1.29, 1.82) is 0 Å². The zero-order valence-corrected chi connectivity index (χ0v) is 14.6. The summed E-state index contributed by atoms with van der Waals surface area (Å²) in [6, 6.07) is 0. The highest BCUT2D eigenvalue weighted by Gasteiger charge is 2.18. The molecule has 114 valence electrons. The quantitative estimate of drug-likeness (QED) is 0.750. The predicted molar refractivity (Wildman–Crippen MR) is 85.6 cm³/mol. The zero-order valence-electron chi connectivity index (χ0n) is 13.0. The highest BCUT2D eigenvalue weighted by molar-refractivity contribution is 9.10. The van der Waals surface area contributed by atoms with Crippen molar-refractivity contribution in [2.75, 3.05) is 0 Å². The van der Waals surface area contributed by atoms with Gasteiger partial charge in [0.2, 0.25) is 0 Å². The van der Waals surface area contributed by atoms with Gasteiger partial charge in [-0.05, 0) is 48.2 Å². The lowest BCUT2D eigenvalue weighted by atomic mass is 10.0. The van der Waals surface area contributed by atoms with E-state index in [0.29, 0.717) is 18.5 Å². The molecule has 0 N–H and O–H groups in total. The van der Waals surface area contributed by atoms with Crippen molar-refractivity contribution in [2.45, 2.75) is 46.6 Å². The summed E-state index contributed by atoms with van der Waals surface area (Å²) >= 11 is 3.43. The van der Waals surface area contributed by atoms with Gasteiger partial charge < -0.3 is 0 Å². The van der Waals surface area contributed by atoms with Crippen LogP contribution in [0.4, 0.5) is 0 Å². The second-order valence-electron chi connectivity index (χ2n) is 5.26. The Morgan fingerprint density at radius 3 is 2.67 bits per heavy atom. The summed E-state index contributed by atoms with van der Waals surface area (Å²) in [6.07, 6.45) is 3.84. The summed E-state index contributed by atoms with van der Waals surface area (Å²) in [5.41, 5.74) is 3.98. The first-order chi connectivity index (χ1) is 9.95. The van der Waals surface area contributed by atoms with Crippen molar-refractivity contribution in [2.24, 2.45) is 7.05 Å². The van der Waals surface area contributed by atoms with E-state index >= 15 is 0 Å². The molecule has 0 bridgehead atoms. The fraction of sp³-hybridized carbons (Fsp3) is 0.533. The van der Waals surface area contributed by atoms with Crippen LogP contribution in [-0.2, 0) is 20.0 Å². The first-order valence-electron chi connectivity index (χ1n) is 7.19. The van der Waals surface area contributed by atoms with Gasteiger partial charge in [0.25, 0.3) is 0 Å². The number of carbonyl (C=O) groups excluding carboxylic acids is 1. The number of nitrogens with zero attached hydrogens (tertiary/aromatic N) is 4. The fourth-order valence-corrected chi connectivity index (χ4v) is 3.07. The van der Waals surface area contributed by atoms with Gasteiger partial charge in [-0.15, -0.1) is 0 Å². The van der Waals surface area contributed by atoms with Crippen LogP contribution in [0.5, 0.6) is 0 Å². The molecule has 0 aliphatic carbocycles. The SMILES string of the molecule is CCCn1ncc(Br)c1C(=O)CCc1c(C)nn(C)c1C. The standard InChI is InChI=1S/C15H21BrN4O/c1-5-8-20-15(13(16)9-17-20)14(21)7-6-12-10(2)18-19(4)11(12)3/h9H,5-8H2,1-4H3. The zero-order chi connectivity index (χ0) is 15.6. The molecule has 5 nitrogen and oxygen atoms in total. The number of rotatable bonds is 6. The maximum absolute atomic E-state index is 12.5. The van der Waals surface area contributed by atoms with Gasteiger partial charge in [0.05, 0.1) is 16.4 Å². The fourth-order valence-electron chi connectivity index (χ4n) is 2.56. The van der Waals surface area contributed by atoms with Gasteiger partial charge in [0, 0.05) is 25.7 Å². The highest BCUT2D eigenvalue weighted by Crippen LogP contribution is 2.20. The number of carbonyl (C=O) groups is 1. The van der Waals surface area contributed by atoms with E-state index in [1.807, 2.05) is 25.6 Å². The van der Waals surface area contributed by atoms with Crippen LogP contribution < -0.4 is 0 Å². The van der Waals surface area contributed by atoms with Gasteiger partial charge >= 0.3 is 0 Å². The van der Waals surface area contributed by atoms with Gasteiger partial charge in [-0.1, -0.05) is 6.92 Å². The number of aromatic nitrogens is 4. The van der Waals surface area contributed by atoms with Crippen molar-refractivity contribution in [3.63, 3.8) is 0 Å². The van der Waals surface area contributed by atoms with Gasteiger partial charge in [0.15, 0.2) is 5.78 Å². The molecule has 2 aromatic heterocycles. The molecule has 2 rings (SSSR count). The Bertz CT molecular complexity index is 657. The van der Waals surface area contributed by atoms with Crippen LogP contribution in [-0.4, -0.2) is 25.3 Å². The lowest BCUT2D eigenvalue weighted by molar-refractivity contribution is 0.0971. The monoisotopic (exact) mass is 352 g/mol. The van der Waals surface area contributed by atoms with Gasteiger partial charge in [0.1, 0.15) is 5.69 Å². The molecule has 6 heteroatoms. The minimum absolute atomic E-state index is 0.121. The third kappa shape index (κ3) is 3.26. The molecule has 0 atom stereocenters. The number of ketones is 1. The second-order valence-corrected chi connectivity index (χ2v) is 6.11. The molecule has 0 amide bonds. The summed E-state index contributed by atoms with van der Waals surface area (Å²) in [6.45, 7) is 6.87. The van der Waals surface area contributed by atoms with E-state index in [0.717, 1.165) is 28.8 Å². The molecule has 2 aromatic rings. The molecule has 0 spiro atoms. The third-order valence-electron chi connectivity index (χ3n) is 3.76. The van der Waals surface area contributed by atoms with Crippen LogP contribution in [0.2, 0.25) is 0 Å². The van der Waals surface area contributed by atoms with E-state index in [1.54, 1.807) is 10.9 Å². The second kappa shape index (κ2) is 6.56. The molecule has 0 unspecified atom stereocenters. The number of halogens is 1. The molecular formula is C15H21BrN4O. The molecule has 0 aliphatic rings. The van der Waals surface area contributed by atoms with Crippen LogP contribution in [0.1, 0.15) is 47.2 Å². The van der Waals surface area contributed by atoms with Crippen molar-refractivity contribution in [1.82, 2.24) is 19.6 Å². The first-order valence-corrected chi connectivity index (χ1v) is 7.98. The summed E-state index contributed by atoms with van der Waals surface area (Å²) < 4.78 is 4.43. The lowest BCUT2D eigenvalue weighted by Crippen LogP contribution is -2.12. The topological polar surface area (TPSA) is 52.7 Å². The van der Waals surface area contributed by atoms with E-state index in [1.165, 1.54) is 5.56 Å². The van der Waals surface area contributed by atoms with Gasteiger partial charge in [-0.3, -0.25) is 14.2 Å². The predicted octanol–water partition coefficient (Wildman–Crippen LogP) is 3.22. The number of aryl methyl sites for hydroxylation is 3. The summed E-state index contributed by atoms with van der Waals surface area (Å²) in [4.78, 5) is 12.5. The molecular weight excluding hydrogens is 332 g/mol. The maximum Gasteiger partial charge on any atom is 0.182 e. The molecule has 21 heavy (non-hydrogen) atoms. The van der Waals surface area contributed by atoms with Crippen LogP contribution in [0.25, 0.3) is 0 Å². The van der Waals surface area contributed by atoms with Crippen LogP contribution in [0, 0.1) is 13.8 Å². The van der Waals surface area contributed by atoms with E-state index in [4.69, 9.17) is 0 Å². The lowest BCUT2D eigenvalue weighted by Gasteiger charge is -2.06. The Morgan fingerprint density at radius 2 is 2.10 bits per heavy atom. The number of hydrogen-bond donors (Lipinski definition) is 0. The molecule has 0 aromatic carbocycles. The van der Waals surface area contributed by atoms with Crippen LogP contribution >= 0.6 is 15.9 Å². The third-order valence-corrected chi connectivity index (χ3v) is 4.34.